The molecule has 1 N–H and O–H groups in total. The molecule has 0 heterocycles. The smallest absolute Gasteiger partial charge is 0.326 e. The lowest BCUT2D eigenvalue weighted by Crippen LogP contribution is -2.15. The van der Waals surface area contributed by atoms with Crippen LogP contribution in [0.25, 0.3) is 0 Å². The topological polar surface area (TPSA) is 29.1 Å². The average molecular weight is 376 g/mol. The van der Waals surface area contributed by atoms with Crippen LogP contribution in [0.2, 0.25) is 0 Å². The second-order valence-electron chi connectivity index (χ2n) is 4.54. The van der Waals surface area contributed by atoms with Crippen LogP contribution in [-0.4, -0.2) is 5.91 Å². The highest BCUT2D eigenvalue weighted by Gasteiger charge is 2.29. The average Bonchev–Trinajstić information content (AvgIpc) is 2.42. The van der Waals surface area contributed by atoms with Crippen molar-refractivity contribution in [2.45, 2.75) is 12.6 Å². The van der Waals surface area contributed by atoms with E-state index < -0.39 is 23.5 Å². The van der Waals surface area contributed by atoms with Crippen LogP contribution >= 0.6 is 15.9 Å². The normalized spacial score (nSPS) is 11.3. The molecule has 2 nitrogen and oxygen atoms in total. The molecule has 0 fully saturated rings. The molecule has 7 heteroatoms. The molecule has 0 saturated heterocycles. The van der Waals surface area contributed by atoms with Gasteiger partial charge in [0, 0.05) is 10.2 Å². The van der Waals surface area contributed by atoms with Crippen LogP contribution in [0.1, 0.15) is 11.1 Å². The van der Waals surface area contributed by atoms with E-state index in [2.05, 4.69) is 21.2 Å². The fourth-order valence-electron chi connectivity index (χ4n) is 1.80. The van der Waals surface area contributed by atoms with Gasteiger partial charge in [0.1, 0.15) is 5.82 Å². The first-order valence-corrected chi connectivity index (χ1v) is 6.96. The summed E-state index contributed by atoms with van der Waals surface area (Å²) < 4.78 is 51.4. The van der Waals surface area contributed by atoms with Crippen LogP contribution < -0.4 is 5.32 Å². The highest BCUT2D eigenvalue weighted by Crippen LogP contribution is 2.29. The van der Waals surface area contributed by atoms with Crippen LogP contribution in [0.15, 0.2) is 46.9 Å². The minimum absolute atomic E-state index is 0.193. The van der Waals surface area contributed by atoms with Crippen molar-refractivity contribution < 1.29 is 22.4 Å². The van der Waals surface area contributed by atoms with E-state index >= 15 is 0 Å². The van der Waals surface area contributed by atoms with E-state index in [1.54, 1.807) is 0 Å². The minimum Gasteiger partial charge on any atom is -0.326 e. The fourth-order valence-corrected chi connectivity index (χ4v) is 2.21. The molecule has 22 heavy (non-hydrogen) atoms. The van der Waals surface area contributed by atoms with E-state index in [4.69, 9.17) is 0 Å². The van der Waals surface area contributed by atoms with Gasteiger partial charge in [-0.3, -0.25) is 4.79 Å². The Morgan fingerprint density at radius 2 is 1.73 bits per heavy atom. The summed E-state index contributed by atoms with van der Waals surface area (Å²) in [5.74, 6) is -1.04. The molecule has 2 aromatic carbocycles. The molecule has 0 radical (unpaired) electrons. The van der Waals surface area contributed by atoms with Gasteiger partial charge in [-0.2, -0.15) is 13.2 Å². The third kappa shape index (κ3) is 4.30. The number of alkyl halides is 3. The first kappa shape index (κ1) is 16.5. The maximum atomic E-state index is 13.5. The quantitative estimate of drug-likeness (QED) is 0.767. The Hall–Kier alpha value is -1.89. The van der Waals surface area contributed by atoms with E-state index in [0.717, 1.165) is 24.3 Å². The van der Waals surface area contributed by atoms with Gasteiger partial charge in [-0.15, -0.1) is 0 Å². The standard InChI is InChI=1S/C15H10BrF4NO/c16-11-3-6-13(17)9(7-11)8-14(22)21-12-4-1-10(2-5-12)15(18,19)20/h1-7H,8H2,(H,21,22). The Morgan fingerprint density at radius 1 is 1.09 bits per heavy atom. The lowest BCUT2D eigenvalue weighted by atomic mass is 10.1. The summed E-state index contributed by atoms with van der Waals surface area (Å²) in [6.07, 6.45) is -4.64. The summed E-state index contributed by atoms with van der Waals surface area (Å²) in [5, 5.41) is 2.43. The fraction of sp³-hybridized carbons (Fsp3) is 0.133. The van der Waals surface area contributed by atoms with Crippen LogP contribution in [-0.2, 0) is 17.4 Å². The third-order valence-corrected chi connectivity index (χ3v) is 3.35. The molecule has 0 aliphatic heterocycles. The monoisotopic (exact) mass is 375 g/mol. The zero-order chi connectivity index (χ0) is 16.3. The summed E-state index contributed by atoms with van der Waals surface area (Å²) in [4.78, 5) is 11.8. The maximum Gasteiger partial charge on any atom is 0.416 e. The second-order valence-corrected chi connectivity index (χ2v) is 5.45. The van der Waals surface area contributed by atoms with Gasteiger partial charge in [-0.25, -0.2) is 4.39 Å². The zero-order valence-electron chi connectivity index (χ0n) is 11.0. The van der Waals surface area contributed by atoms with E-state index in [1.807, 2.05) is 0 Å². The van der Waals surface area contributed by atoms with Gasteiger partial charge < -0.3 is 5.32 Å². The highest BCUT2D eigenvalue weighted by atomic mass is 79.9. The van der Waals surface area contributed by atoms with Gasteiger partial charge in [0.05, 0.1) is 12.0 Å². The SMILES string of the molecule is O=C(Cc1cc(Br)ccc1F)Nc1ccc(C(F)(F)F)cc1. The molecule has 0 aliphatic rings. The molecule has 0 atom stereocenters. The van der Waals surface area contributed by atoms with Crippen molar-refractivity contribution in [3.05, 3.63) is 63.9 Å². The van der Waals surface area contributed by atoms with Gasteiger partial charge >= 0.3 is 6.18 Å². The molecule has 0 spiro atoms. The van der Waals surface area contributed by atoms with Crippen LogP contribution in [0.4, 0.5) is 23.2 Å². The highest BCUT2D eigenvalue weighted by molar-refractivity contribution is 9.10. The van der Waals surface area contributed by atoms with E-state index in [9.17, 15) is 22.4 Å². The number of hydrogen-bond acceptors (Lipinski definition) is 1. The predicted octanol–water partition coefficient (Wildman–Crippen LogP) is 4.79. The van der Waals surface area contributed by atoms with Gasteiger partial charge in [-0.1, -0.05) is 15.9 Å². The molecule has 0 aromatic heterocycles. The number of carbonyl (C=O) groups excluding carboxylic acids is 1. The second kappa shape index (κ2) is 6.48. The molecular formula is C15H10BrF4NO. The minimum atomic E-state index is -4.43. The third-order valence-electron chi connectivity index (χ3n) is 2.85. The van der Waals surface area contributed by atoms with E-state index in [-0.39, 0.29) is 17.7 Å². The van der Waals surface area contributed by atoms with Crippen molar-refractivity contribution in [3.8, 4) is 0 Å². The Kier molecular flexibility index (Phi) is 4.85. The van der Waals surface area contributed by atoms with Crippen molar-refractivity contribution in [3.63, 3.8) is 0 Å². The molecule has 0 saturated carbocycles. The lowest BCUT2D eigenvalue weighted by Gasteiger charge is -2.09. The van der Waals surface area contributed by atoms with E-state index in [1.165, 1.54) is 18.2 Å². The van der Waals surface area contributed by atoms with Crippen LogP contribution in [0.3, 0.4) is 0 Å². The number of benzene rings is 2. The largest absolute Gasteiger partial charge is 0.416 e. The van der Waals surface area contributed by atoms with Gasteiger partial charge in [0.2, 0.25) is 5.91 Å². The van der Waals surface area contributed by atoms with Crippen molar-refractivity contribution in [2.24, 2.45) is 0 Å². The summed E-state index contributed by atoms with van der Waals surface area (Å²) in [6, 6.07) is 8.25. The predicted molar refractivity (Wildman–Crippen MR) is 77.9 cm³/mol. The molecule has 0 unspecified atom stereocenters. The van der Waals surface area contributed by atoms with Gasteiger partial charge in [0.15, 0.2) is 0 Å². The number of anilines is 1. The Morgan fingerprint density at radius 3 is 2.32 bits per heavy atom. The van der Waals surface area contributed by atoms with Gasteiger partial charge in [-0.05, 0) is 48.0 Å². The number of halogens is 5. The summed E-state index contributed by atoms with van der Waals surface area (Å²) in [6.45, 7) is 0. The van der Waals surface area contributed by atoms with Crippen molar-refractivity contribution in [1.29, 1.82) is 0 Å². The molecule has 0 bridgehead atoms. The number of nitrogens with one attached hydrogen (secondary N) is 1. The van der Waals surface area contributed by atoms with Crippen molar-refractivity contribution in [2.75, 3.05) is 5.32 Å². The summed E-state index contributed by atoms with van der Waals surface area (Å²) >= 11 is 3.17. The molecule has 116 valence electrons. The van der Waals surface area contributed by atoms with E-state index in [0.29, 0.717) is 4.47 Å². The number of carbonyl (C=O) groups is 1. The van der Waals surface area contributed by atoms with Crippen molar-refractivity contribution in [1.82, 2.24) is 0 Å². The van der Waals surface area contributed by atoms with Crippen molar-refractivity contribution >= 4 is 27.5 Å². The molecule has 2 aromatic rings. The molecule has 0 aliphatic carbocycles. The number of amides is 1. The zero-order valence-corrected chi connectivity index (χ0v) is 12.6. The van der Waals surface area contributed by atoms with Crippen LogP contribution in [0, 0.1) is 5.82 Å². The Balaban J connectivity index is 2.04. The molecule has 2 rings (SSSR count). The Bertz CT molecular complexity index is 683. The molecular weight excluding hydrogens is 366 g/mol. The summed E-state index contributed by atoms with van der Waals surface area (Å²) in [5.41, 5.74) is -0.393. The first-order valence-electron chi connectivity index (χ1n) is 6.17. The number of hydrogen-bond donors (Lipinski definition) is 1. The molecule has 1 amide bonds. The Labute approximate surface area is 132 Å². The lowest BCUT2D eigenvalue weighted by molar-refractivity contribution is -0.137. The maximum absolute atomic E-state index is 13.5. The summed E-state index contributed by atoms with van der Waals surface area (Å²) in [7, 11) is 0. The van der Waals surface area contributed by atoms with Gasteiger partial charge in [0.25, 0.3) is 0 Å². The number of rotatable bonds is 3. The first-order chi connectivity index (χ1) is 10.3. The van der Waals surface area contributed by atoms with Crippen LogP contribution in [0.5, 0.6) is 0 Å².